The Hall–Kier alpha value is -2.41. The van der Waals surface area contributed by atoms with E-state index in [9.17, 15) is 14.4 Å². The minimum atomic E-state index is -0.553. The van der Waals surface area contributed by atoms with Gasteiger partial charge in [0.2, 0.25) is 5.91 Å². The Morgan fingerprint density at radius 2 is 2.08 bits per heavy atom. The lowest BCUT2D eigenvalue weighted by Gasteiger charge is -2.37. The molecule has 7 heteroatoms. The lowest BCUT2D eigenvalue weighted by Crippen LogP contribution is -2.53. The van der Waals surface area contributed by atoms with Crippen LogP contribution in [0.5, 0.6) is 0 Å². The average molecular weight is 329 g/mol. The summed E-state index contributed by atoms with van der Waals surface area (Å²) in [6.45, 7) is 0.790. The van der Waals surface area contributed by atoms with Crippen LogP contribution in [-0.2, 0) is 16.1 Å². The van der Waals surface area contributed by atoms with Gasteiger partial charge in [0, 0.05) is 6.54 Å². The zero-order valence-corrected chi connectivity index (χ0v) is 13.2. The minimum absolute atomic E-state index is 0.0708. The first-order valence-electron chi connectivity index (χ1n) is 8.28. The van der Waals surface area contributed by atoms with Crippen LogP contribution < -0.4 is 11.2 Å². The van der Waals surface area contributed by atoms with Crippen molar-refractivity contribution in [3.05, 3.63) is 45.1 Å². The molecular formula is C17H19N3O4. The van der Waals surface area contributed by atoms with Crippen molar-refractivity contribution in [2.24, 2.45) is 0 Å². The summed E-state index contributed by atoms with van der Waals surface area (Å²) >= 11 is 0. The number of fused-ring (bicyclic) bond motifs is 2. The molecule has 2 aromatic rings. The highest BCUT2D eigenvalue weighted by Crippen LogP contribution is 2.29. The van der Waals surface area contributed by atoms with Crippen molar-refractivity contribution in [1.82, 2.24) is 14.5 Å². The number of hydrogen-bond donors (Lipinski definition) is 1. The van der Waals surface area contributed by atoms with E-state index >= 15 is 0 Å². The Balaban J connectivity index is 1.65. The number of nitrogens with one attached hydrogen (secondary N) is 1. The van der Waals surface area contributed by atoms with Gasteiger partial charge < -0.3 is 14.6 Å². The van der Waals surface area contributed by atoms with Crippen LogP contribution in [0.3, 0.4) is 0 Å². The summed E-state index contributed by atoms with van der Waals surface area (Å²) in [7, 11) is 0. The molecule has 1 N–H and O–H groups in total. The topological polar surface area (TPSA) is 84.4 Å². The number of morpholine rings is 1. The number of benzene rings is 1. The number of aromatic nitrogens is 2. The van der Waals surface area contributed by atoms with Crippen LogP contribution in [0, 0.1) is 0 Å². The van der Waals surface area contributed by atoms with Gasteiger partial charge in [0.25, 0.3) is 5.56 Å². The van der Waals surface area contributed by atoms with Gasteiger partial charge in [-0.2, -0.15) is 0 Å². The van der Waals surface area contributed by atoms with Gasteiger partial charge in [0.05, 0.1) is 29.7 Å². The summed E-state index contributed by atoms with van der Waals surface area (Å²) in [5, 5.41) is 0.408. The first-order chi connectivity index (χ1) is 11.6. The Kier molecular flexibility index (Phi) is 3.72. The normalized spacial score (nSPS) is 23.4. The van der Waals surface area contributed by atoms with Crippen LogP contribution >= 0.6 is 0 Å². The van der Waals surface area contributed by atoms with Crippen molar-refractivity contribution in [3.63, 3.8) is 0 Å². The Bertz CT molecular complexity index is 901. The molecule has 1 aromatic carbocycles. The molecule has 2 fully saturated rings. The van der Waals surface area contributed by atoms with E-state index in [1.165, 1.54) is 0 Å². The van der Waals surface area contributed by atoms with Crippen LogP contribution in [-0.4, -0.2) is 45.7 Å². The summed E-state index contributed by atoms with van der Waals surface area (Å²) in [5.74, 6) is -0.196. The summed E-state index contributed by atoms with van der Waals surface area (Å²) in [6.07, 6.45) is 3.01. The predicted octanol–water partition coefficient (Wildman–Crippen LogP) is 0.470. The molecule has 1 saturated heterocycles. The van der Waals surface area contributed by atoms with Gasteiger partial charge in [-0.25, -0.2) is 4.79 Å². The second-order valence-electron chi connectivity index (χ2n) is 6.36. The summed E-state index contributed by atoms with van der Waals surface area (Å²) < 4.78 is 6.70. The SMILES string of the molecule is O=C(Cn1c(=O)[nH]c2ccccc2c1=O)N1CCOC2CCCC21. The Morgan fingerprint density at radius 3 is 2.96 bits per heavy atom. The zero-order valence-electron chi connectivity index (χ0n) is 13.2. The fourth-order valence-corrected chi connectivity index (χ4v) is 3.80. The fraction of sp³-hybridized carbons (Fsp3) is 0.471. The number of nitrogens with zero attached hydrogens (tertiary/aromatic N) is 2. The molecular weight excluding hydrogens is 310 g/mol. The van der Waals surface area contributed by atoms with Gasteiger partial charge in [-0.3, -0.25) is 14.2 Å². The minimum Gasteiger partial charge on any atom is -0.374 e. The van der Waals surface area contributed by atoms with Gasteiger partial charge in [-0.15, -0.1) is 0 Å². The number of hydrogen-bond acceptors (Lipinski definition) is 4. The molecule has 4 rings (SSSR count). The van der Waals surface area contributed by atoms with Crippen molar-refractivity contribution in [1.29, 1.82) is 0 Å². The maximum atomic E-state index is 12.7. The van der Waals surface area contributed by atoms with Crippen molar-refractivity contribution in [2.75, 3.05) is 13.2 Å². The maximum absolute atomic E-state index is 12.7. The molecule has 1 aromatic heterocycles. The number of H-pyrrole nitrogens is 1. The molecule has 0 spiro atoms. The molecule has 0 radical (unpaired) electrons. The molecule has 1 aliphatic carbocycles. The van der Waals surface area contributed by atoms with Crippen LogP contribution in [0.15, 0.2) is 33.9 Å². The van der Waals surface area contributed by atoms with Crippen LogP contribution in [0.4, 0.5) is 0 Å². The molecule has 1 aliphatic heterocycles. The fourth-order valence-electron chi connectivity index (χ4n) is 3.80. The second kappa shape index (κ2) is 5.90. The lowest BCUT2D eigenvalue weighted by molar-refractivity contribution is -0.144. The van der Waals surface area contributed by atoms with Gasteiger partial charge in [0.15, 0.2) is 0 Å². The monoisotopic (exact) mass is 329 g/mol. The molecule has 2 atom stereocenters. The third-order valence-electron chi connectivity index (χ3n) is 4.99. The van der Waals surface area contributed by atoms with E-state index in [4.69, 9.17) is 4.74 Å². The van der Waals surface area contributed by atoms with Crippen molar-refractivity contribution in [3.8, 4) is 0 Å². The van der Waals surface area contributed by atoms with Crippen molar-refractivity contribution >= 4 is 16.8 Å². The van der Waals surface area contributed by atoms with E-state index < -0.39 is 11.2 Å². The third-order valence-corrected chi connectivity index (χ3v) is 4.99. The van der Waals surface area contributed by atoms with Crippen LogP contribution in [0.2, 0.25) is 0 Å². The van der Waals surface area contributed by atoms with E-state index in [1.54, 1.807) is 29.2 Å². The van der Waals surface area contributed by atoms with E-state index in [2.05, 4.69) is 4.98 Å². The predicted molar refractivity (Wildman–Crippen MR) is 87.9 cm³/mol. The summed E-state index contributed by atoms with van der Waals surface area (Å²) in [5.41, 5.74) is -0.499. The van der Waals surface area contributed by atoms with Gasteiger partial charge in [-0.05, 0) is 31.4 Å². The van der Waals surface area contributed by atoms with Crippen LogP contribution in [0.25, 0.3) is 10.9 Å². The lowest BCUT2D eigenvalue weighted by atomic mass is 10.1. The second-order valence-corrected chi connectivity index (χ2v) is 6.36. The van der Waals surface area contributed by atoms with Crippen molar-refractivity contribution in [2.45, 2.75) is 38.0 Å². The largest absolute Gasteiger partial charge is 0.374 e. The molecule has 1 saturated carbocycles. The van der Waals surface area contributed by atoms with Gasteiger partial charge >= 0.3 is 5.69 Å². The number of carbonyl (C=O) groups excluding carboxylic acids is 1. The maximum Gasteiger partial charge on any atom is 0.329 e. The number of ether oxygens (including phenoxy) is 1. The summed E-state index contributed by atoms with van der Waals surface area (Å²) in [6, 6.07) is 6.88. The molecule has 2 unspecified atom stereocenters. The molecule has 2 heterocycles. The molecule has 1 amide bonds. The molecule has 2 aliphatic rings. The number of para-hydroxylation sites is 1. The quantitative estimate of drug-likeness (QED) is 0.868. The highest BCUT2D eigenvalue weighted by Gasteiger charge is 2.38. The smallest absolute Gasteiger partial charge is 0.329 e. The molecule has 24 heavy (non-hydrogen) atoms. The molecule has 7 nitrogen and oxygen atoms in total. The standard InChI is InChI=1S/C17H19N3O4/c21-15(19-8-9-24-14-7-3-6-13(14)19)10-20-16(22)11-4-1-2-5-12(11)18-17(20)23/h1-2,4-5,13-14H,3,6-10H2,(H,18,23). The van der Waals surface area contributed by atoms with E-state index in [0.717, 1.165) is 23.8 Å². The number of carbonyl (C=O) groups is 1. The van der Waals surface area contributed by atoms with E-state index in [1.807, 2.05) is 0 Å². The first kappa shape index (κ1) is 15.1. The van der Waals surface area contributed by atoms with Crippen LogP contribution in [0.1, 0.15) is 19.3 Å². The zero-order chi connectivity index (χ0) is 16.7. The average Bonchev–Trinajstić information content (AvgIpc) is 3.07. The number of rotatable bonds is 2. The highest BCUT2D eigenvalue weighted by molar-refractivity contribution is 5.79. The Labute approximate surface area is 137 Å². The van der Waals surface area contributed by atoms with Gasteiger partial charge in [-0.1, -0.05) is 12.1 Å². The number of amides is 1. The van der Waals surface area contributed by atoms with Gasteiger partial charge in [0.1, 0.15) is 6.54 Å². The van der Waals surface area contributed by atoms with E-state index in [-0.39, 0.29) is 24.6 Å². The van der Waals surface area contributed by atoms with Crippen molar-refractivity contribution < 1.29 is 9.53 Å². The summed E-state index contributed by atoms with van der Waals surface area (Å²) in [4.78, 5) is 41.9. The molecule has 0 bridgehead atoms. The Morgan fingerprint density at radius 1 is 1.25 bits per heavy atom. The number of aromatic amines is 1. The first-order valence-corrected chi connectivity index (χ1v) is 8.28. The molecule has 126 valence electrons. The van der Waals surface area contributed by atoms with E-state index in [0.29, 0.717) is 24.1 Å². The third kappa shape index (κ3) is 2.45. The highest BCUT2D eigenvalue weighted by atomic mass is 16.5.